The Morgan fingerprint density at radius 2 is 2.20 bits per heavy atom. The third-order valence-corrected chi connectivity index (χ3v) is 2.40. The average Bonchev–Trinajstić information content (AvgIpc) is 2.69. The number of rotatable bonds is 3. The molecule has 1 fully saturated rings. The van der Waals surface area contributed by atoms with Crippen LogP contribution in [0.2, 0.25) is 0 Å². The maximum Gasteiger partial charge on any atom is 0.223 e. The number of ether oxygens (including phenoxy) is 1. The van der Waals surface area contributed by atoms with Crippen LogP contribution in [0.25, 0.3) is 0 Å². The fourth-order valence-electron chi connectivity index (χ4n) is 1.60. The van der Waals surface area contributed by atoms with Crippen molar-refractivity contribution >= 4 is 5.95 Å². The van der Waals surface area contributed by atoms with Crippen LogP contribution in [-0.4, -0.2) is 42.3 Å². The number of nitrogens with one attached hydrogen (secondary N) is 2. The highest BCUT2D eigenvalue weighted by Crippen LogP contribution is 2.09. The Balaban J connectivity index is 1.99. The Morgan fingerprint density at radius 3 is 2.87 bits per heavy atom. The molecule has 1 aliphatic rings. The Kier molecular flexibility index (Phi) is 3.08. The number of aromatic nitrogens is 2. The second kappa shape index (κ2) is 4.50. The van der Waals surface area contributed by atoms with E-state index in [-0.39, 0.29) is 12.1 Å². The summed E-state index contributed by atoms with van der Waals surface area (Å²) in [6, 6.07) is 0.125. The van der Waals surface area contributed by atoms with Crippen molar-refractivity contribution in [2.75, 3.05) is 25.5 Å². The molecule has 2 heterocycles. The van der Waals surface area contributed by atoms with Crippen LogP contribution in [0.1, 0.15) is 0 Å². The minimum absolute atomic E-state index is 0.0960. The number of methoxy groups -OCH3 is 1. The number of hydrogen-bond acceptors (Lipinski definition) is 5. The van der Waals surface area contributed by atoms with Crippen LogP contribution in [-0.2, 0) is 4.74 Å². The van der Waals surface area contributed by atoms with Gasteiger partial charge in [-0.05, 0) is 0 Å². The minimum atomic E-state index is -0.437. The van der Waals surface area contributed by atoms with E-state index >= 15 is 0 Å². The van der Waals surface area contributed by atoms with Gasteiger partial charge in [0.25, 0.3) is 0 Å². The normalized spacial score (nSPS) is 25.5. The molecule has 82 valence electrons. The highest BCUT2D eigenvalue weighted by molar-refractivity contribution is 5.26. The first-order valence-corrected chi connectivity index (χ1v) is 4.77. The van der Waals surface area contributed by atoms with Gasteiger partial charge in [0.2, 0.25) is 5.95 Å². The standard InChI is InChI=1S/C9H13FN4O/c1-15-8-5-11-4-7(8)14-9-12-2-6(10)3-13-9/h2-3,7-8,11H,4-5H2,1H3,(H,12,13,14)/t7?,8-/m0/s1. The lowest BCUT2D eigenvalue weighted by Crippen LogP contribution is -2.34. The van der Waals surface area contributed by atoms with Crippen molar-refractivity contribution in [3.05, 3.63) is 18.2 Å². The van der Waals surface area contributed by atoms with Crippen molar-refractivity contribution in [2.24, 2.45) is 0 Å². The lowest BCUT2D eigenvalue weighted by molar-refractivity contribution is 0.111. The first kappa shape index (κ1) is 10.3. The van der Waals surface area contributed by atoms with Crippen LogP contribution < -0.4 is 10.6 Å². The summed E-state index contributed by atoms with van der Waals surface area (Å²) in [6.07, 6.45) is 2.37. The van der Waals surface area contributed by atoms with Gasteiger partial charge >= 0.3 is 0 Å². The van der Waals surface area contributed by atoms with E-state index < -0.39 is 5.82 Å². The van der Waals surface area contributed by atoms with Crippen molar-refractivity contribution < 1.29 is 9.13 Å². The van der Waals surface area contributed by atoms with E-state index in [1.807, 2.05) is 0 Å². The Labute approximate surface area is 87.1 Å². The van der Waals surface area contributed by atoms with Crippen LogP contribution >= 0.6 is 0 Å². The van der Waals surface area contributed by atoms with Gasteiger partial charge < -0.3 is 15.4 Å². The smallest absolute Gasteiger partial charge is 0.223 e. The summed E-state index contributed by atoms with van der Waals surface area (Å²) in [5.41, 5.74) is 0. The van der Waals surface area contributed by atoms with Gasteiger partial charge in [0.1, 0.15) is 0 Å². The molecule has 0 amide bonds. The van der Waals surface area contributed by atoms with Gasteiger partial charge in [0.05, 0.1) is 24.5 Å². The van der Waals surface area contributed by atoms with Crippen molar-refractivity contribution in [1.29, 1.82) is 0 Å². The first-order chi connectivity index (χ1) is 7.29. The number of anilines is 1. The SMILES string of the molecule is CO[C@H]1CNCC1Nc1ncc(F)cn1. The van der Waals surface area contributed by atoms with E-state index in [0.717, 1.165) is 25.5 Å². The molecular formula is C9H13FN4O. The summed E-state index contributed by atoms with van der Waals surface area (Å²) in [5.74, 6) is -0.0134. The molecule has 1 saturated heterocycles. The van der Waals surface area contributed by atoms with Gasteiger partial charge in [-0.2, -0.15) is 0 Å². The van der Waals surface area contributed by atoms with E-state index in [9.17, 15) is 4.39 Å². The highest BCUT2D eigenvalue weighted by Gasteiger charge is 2.27. The zero-order valence-corrected chi connectivity index (χ0v) is 8.40. The molecule has 1 aromatic rings. The molecule has 5 nitrogen and oxygen atoms in total. The molecule has 1 aliphatic heterocycles. The van der Waals surface area contributed by atoms with Crippen LogP contribution in [0, 0.1) is 5.82 Å². The lowest BCUT2D eigenvalue weighted by atomic mass is 10.2. The molecule has 1 unspecified atom stereocenters. The van der Waals surface area contributed by atoms with Crippen molar-refractivity contribution in [3.8, 4) is 0 Å². The molecule has 0 spiro atoms. The molecule has 6 heteroatoms. The maximum absolute atomic E-state index is 12.6. The van der Waals surface area contributed by atoms with E-state index in [2.05, 4.69) is 20.6 Å². The molecular weight excluding hydrogens is 199 g/mol. The zero-order chi connectivity index (χ0) is 10.7. The highest BCUT2D eigenvalue weighted by atomic mass is 19.1. The molecule has 0 saturated carbocycles. The van der Waals surface area contributed by atoms with Crippen LogP contribution in [0.5, 0.6) is 0 Å². The summed E-state index contributed by atoms with van der Waals surface area (Å²) in [6.45, 7) is 1.59. The second-order valence-corrected chi connectivity index (χ2v) is 3.41. The van der Waals surface area contributed by atoms with Gasteiger partial charge in [-0.3, -0.25) is 0 Å². The average molecular weight is 212 g/mol. The van der Waals surface area contributed by atoms with Gasteiger partial charge in [0.15, 0.2) is 5.82 Å². The number of hydrogen-bond donors (Lipinski definition) is 2. The quantitative estimate of drug-likeness (QED) is 0.739. The summed E-state index contributed by atoms with van der Waals surface area (Å²) in [4.78, 5) is 7.66. The van der Waals surface area contributed by atoms with E-state index in [0.29, 0.717) is 5.95 Å². The second-order valence-electron chi connectivity index (χ2n) is 3.41. The largest absolute Gasteiger partial charge is 0.378 e. The van der Waals surface area contributed by atoms with Gasteiger partial charge in [0, 0.05) is 20.2 Å². The predicted molar refractivity (Wildman–Crippen MR) is 53.1 cm³/mol. The van der Waals surface area contributed by atoms with Crippen molar-refractivity contribution in [2.45, 2.75) is 12.1 Å². The van der Waals surface area contributed by atoms with Gasteiger partial charge in [-0.25, -0.2) is 14.4 Å². The summed E-state index contributed by atoms with van der Waals surface area (Å²) >= 11 is 0. The zero-order valence-electron chi connectivity index (χ0n) is 8.40. The summed E-state index contributed by atoms with van der Waals surface area (Å²) < 4.78 is 17.8. The molecule has 15 heavy (non-hydrogen) atoms. The Bertz CT molecular complexity index is 318. The molecule has 2 N–H and O–H groups in total. The number of nitrogens with zero attached hydrogens (tertiary/aromatic N) is 2. The first-order valence-electron chi connectivity index (χ1n) is 4.77. The monoisotopic (exact) mass is 212 g/mol. The molecule has 2 atom stereocenters. The minimum Gasteiger partial charge on any atom is -0.378 e. The third-order valence-electron chi connectivity index (χ3n) is 2.40. The molecule has 0 radical (unpaired) electrons. The fourth-order valence-corrected chi connectivity index (χ4v) is 1.60. The summed E-state index contributed by atoms with van der Waals surface area (Å²) in [7, 11) is 1.66. The Hall–Kier alpha value is -1.27. The van der Waals surface area contributed by atoms with E-state index in [1.165, 1.54) is 0 Å². The van der Waals surface area contributed by atoms with Crippen molar-refractivity contribution in [1.82, 2.24) is 15.3 Å². The van der Waals surface area contributed by atoms with Crippen LogP contribution in [0.3, 0.4) is 0 Å². The third kappa shape index (κ3) is 2.40. The van der Waals surface area contributed by atoms with Gasteiger partial charge in [-0.15, -0.1) is 0 Å². The summed E-state index contributed by atoms with van der Waals surface area (Å²) in [5, 5.41) is 6.28. The van der Waals surface area contributed by atoms with Crippen LogP contribution in [0.4, 0.5) is 10.3 Å². The fraction of sp³-hybridized carbons (Fsp3) is 0.556. The van der Waals surface area contributed by atoms with Crippen molar-refractivity contribution in [3.63, 3.8) is 0 Å². The molecule has 1 aromatic heterocycles. The molecule has 0 aliphatic carbocycles. The topological polar surface area (TPSA) is 59.1 Å². The lowest BCUT2D eigenvalue weighted by Gasteiger charge is -2.18. The van der Waals surface area contributed by atoms with E-state index in [4.69, 9.17) is 4.74 Å². The predicted octanol–water partition coefficient (Wildman–Crippen LogP) is 0.0144. The molecule has 0 aromatic carbocycles. The van der Waals surface area contributed by atoms with Gasteiger partial charge in [-0.1, -0.05) is 0 Å². The Morgan fingerprint density at radius 1 is 1.47 bits per heavy atom. The molecule has 2 rings (SSSR count). The maximum atomic E-state index is 12.6. The molecule has 0 bridgehead atoms. The van der Waals surface area contributed by atoms with Crippen LogP contribution in [0.15, 0.2) is 12.4 Å². The number of halogens is 1. The van der Waals surface area contributed by atoms with E-state index in [1.54, 1.807) is 7.11 Å².